The Morgan fingerprint density at radius 2 is 2.03 bits per heavy atom. The number of nitrogens with zero attached hydrogens (tertiary/aromatic N) is 1. The molecule has 0 saturated carbocycles. The van der Waals surface area contributed by atoms with Crippen molar-refractivity contribution >= 4 is 29.9 Å². The van der Waals surface area contributed by atoms with E-state index >= 15 is 0 Å². The Kier molecular flexibility index (Phi) is 6.15. The highest BCUT2D eigenvalue weighted by molar-refractivity contribution is 5.98. The topological polar surface area (TPSA) is 84.7 Å². The molecule has 0 radical (unpaired) electrons. The quantitative estimate of drug-likeness (QED) is 0.804. The van der Waals surface area contributed by atoms with Gasteiger partial charge in [-0.25, -0.2) is 0 Å². The normalized spacial score (nSPS) is 22.4. The molecular formula is C22H26ClN3O3. The third-order valence-electron chi connectivity index (χ3n) is 5.65. The lowest BCUT2D eigenvalue weighted by Gasteiger charge is -2.22. The van der Waals surface area contributed by atoms with Crippen LogP contribution in [0.4, 0.5) is 5.69 Å². The van der Waals surface area contributed by atoms with E-state index in [4.69, 9.17) is 10.5 Å². The van der Waals surface area contributed by atoms with Crippen LogP contribution in [0.15, 0.2) is 48.5 Å². The lowest BCUT2D eigenvalue weighted by Crippen LogP contribution is -2.34. The second-order valence-corrected chi connectivity index (χ2v) is 7.98. The summed E-state index contributed by atoms with van der Waals surface area (Å²) in [7, 11) is 0. The van der Waals surface area contributed by atoms with Crippen molar-refractivity contribution in [1.29, 1.82) is 0 Å². The standard InChI is InChI=1S/C22H25N3O3.ClH/c1-22(13-23)9-10-25(14-22)21(27)16-6-4-7-17(11-16)24-20(26)19-12-15-5-2-3-8-18(15)28-19;/h2-8,11,19H,9-10,12-14,23H2,1H3,(H,24,26);1H. The van der Waals surface area contributed by atoms with Crippen molar-refractivity contribution in [2.45, 2.75) is 25.9 Å². The first-order valence-corrected chi connectivity index (χ1v) is 9.62. The van der Waals surface area contributed by atoms with Gasteiger partial charge in [-0.15, -0.1) is 12.4 Å². The van der Waals surface area contributed by atoms with Crippen molar-refractivity contribution in [3.8, 4) is 5.75 Å². The maximum Gasteiger partial charge on any atom is 0.265 e. The monoisotopic (exact) mass is 415 g/mol. The molecule has 1 fully saturated rings. The van der Waals surface area contributed by atoms with Gasteiger partial charge in [0.25, 0.3) is 11.8 Å². The second-order valence-electron chi connectivity index (χ2n) is 7.98. The summed E-state index contributed by atoms with van der Waals surface area (Å²) in [4.78, 5) is 27.3. The van der Waals surface area contributed by atoms with Gasteiger partial charge >= 0.3 is 0 Å². The Balaban J connectivity index is 0.00000240. The average Bonchev–Trinajstić information content (AvgIpc) is 3.32. The van der Waals surface area contributed by atoms with Crippen molar-refractivity contribution in [2.24, 2.45) is 11.1 Å². The molecule has 7 heteroatoms. The Morgan fingerprint density at radius 1 is 1.24 bits per heavy atom. The average molecular weight is 416 g/mol. The van der Waals surface area contributed by atoms with Gasteiger partial charge in [-0.2, -0.15) is 0 Å². The number of ether oxygens (including phenoxy) is 1. The number of hydrogen-bond acceptors (Lipinski definition) is 4. The lowest BCUT2D eigenvalue weighted by molar-refractivity contribution is -0.122. The molecule has 2 aliphatic heterocycles. The summed E-state index contributed by atoms with van der Waals surface area (Å²) in [5, 5.41) is 2.88. The Labute approximate surface area is 176 Å². The molecular weight excluding hydrogens is 390 g/mol. The smallest absolute Gasteiger partial charge is 0.265 e. The number of likely N-dealkylation sites (tertiary alicyclic amines) is 1. The number of amides is 2. The summed E-state index contributed by atoms with van der Waals surface area (Å²) >= 11 is 0. The summed E-state index contributed by atoms with van der Waals surface area (Å²) in [5.41, 5.74) is 8.01. The van der Waals surface area contributed by atoms with Gasteiger partial charge in [-0.3, -0.25) is 9.59 Å². The first-order chi connectivity index (χ1) is 13.5. The van der Waals surface area contributed by atoms with E-state index in [1.54, 1.807) is 24.3 Å². The number of fused-ring (bicyclic) bond motifs is 1. The third-order valence-corrected chi connectivity index (χ3v) is 5.65. The number of halogens is 1. The van der Waals surface area contributed by atoms with E-state index in [2.05, 4.69) is 12.2 Å². The molecule has 2 atom stereocenters. The number of benzene rings is 2. The third kappa shape index (κ3) is 4.38. The van der Waals surface area contributed by atoms with Crippen LogP contribution in [0.2, 0.25) is 0 Å². The summed E-state index contributed by atoms with van der Waals surface area (Å²) in [6.45, 7) is 4.04. The van der Waals surface area contributed by atoms with Crippen LogP contribution in [0.25, 0.3) is 0 Å². The number of hydrogen-bond donors (Lipinski definition) is 2. The zero-order chi connectivity index (χ0) is 19.7. The van der Waals surface area contributed by atoms with E-state index in [-0.39, 0.29) is 29.6 Å². The summed E-state index contributed by atoms with van der Waals surface area (Å²) in [6, 6.07) is 14.7. The molecule has 2 aromatic carbocycles. The predicted octanol–water partition coefficient (Wildman–Crippen LogP) is 2.86. The fourth-order valence-electron chi connectivity index (χ4n) is 3.83. The maximum atomic E-state index is 12.8. The van der Waals surface area contributed by atoms with Crippen LogP contribution in [0.1, 0.15) is 29.3 Å². The SMILES string of the molecule is CC1(CN)CCN(C(=O)c2cccc(NC(=O)C3Cc4ccccc4O3)c2)C1.Cl. The van der Waals surface area contributed by atoms with Crippen LogP contribution in [0.5, 0.6) is 5.75 Å². The molecule has 3 N–H and O–H groups in total. The van der Waals surface area contributed by atoms with Crippen molar-refractivity contribution in [2.75, 3.05) is 25.0 Å². The molecule has 0 bridgehead atoms. The highest BCUT2D eigenvalue weighted by Crippen LogP contribution is 2.30. The molecule has 2 amide bonds. The summed E-state index contributed by atoms with van der Waals surface area (Å²) in [6.07, 6.45) is 0.901. The van der Waals surface area contributed by atoms with Crippen molar-refractivity contribution < 1.29 is 14.3 Å². The maximum absolute atomic E-state index is 12.8. The molecule has 6 nitrogen and oxygen atoms in total. The molecule has 0 spiro atoms. The Bertz CT molecular complexity index is 895. The van der Waals surface area contributed by atoms with E-state index in [1.165, 1.54) is 0 Å². The van der Waals surface area contributed by atoms with Gasteiger partial charge in [-0.05, 0) is 48.2 Å². The van der Waals surface area contributed by atoms with Crippen LogP contribution >= 0.6 is 12.4 Å². The molecule has 2 aromatic rings. The molecule has 0 aliphatic carbocycles. The number of nitrogens with one attached hydrogen (secondary N) is 1. The molecule has 2 heterocycles. The van der Waals surface area contributed by atoms with E-state index in [9.17, 15) is 9.59 Å². The highest BCUT2D eigenvalue weighted by atomic mass is 35.5. The number of para-hydroxylation sites is 1. The van der Waals surface area contributed by atoms with E-state index in [0.717, 1.165) is 17.7 Å². The zero-order valence-corrected chi connectivity index (χ0v) is 17.2. The van der Waals surface area contributed by atoms with E-state index in [1.807, 2.05) is 29.2 Å². The van der Waals surface area contributed by atoms with Gasteiger partial charge in [0.1, 0.15) is 5.75 Å². The van der Waals surface area contributed by atoms with Gasteiger partial charge in [0, 0.05) is 30.8 Å². The Hall–Kier alpha value is -2.57. The van der Waals surface area contributed by atoms with Crippen LogP contribution < -0.4 is 15.8 Å². The number of anilines is 1. The lowest BCUT2D eigenvalue weighted by atomic mass is 9.90. The van der Waals surface area contributed by atoms with Gasteiger partial charge in [0.2, 0.25) is 0 Å². The Morgan fingerprint density at radius 3 is 2.76 bits per heavy atom. The zero-order valence-electron chi connectivity index (χ0n) is 16.4. The fourth-order valence-corrected chi connectivity index (χ4v) is 3.83. The largest absolute Gasteiger partial charge is 0.480 e. The van der Waals surface area contributed by atoms with Crippen molar-refractivity contribution in [3.05, 3.63) is 59.7 Å². The molecule has 29 heavy (non-hydrogen) atoms. The summed E-state index contributed by atoms with van der Waals surface area (Å²) in [5.74, 6) is 0.513. The minimum absolute atomic E-state index is 0. The van der Waals surface area contributed by atoms with Crippen LogP contribution in [0, 0.1) is 5.41 Å². The second kappa shape index (κ2) is 8.43. The number of carbonyl (C=O) groups is 2. The number of rotatable bonds is 4. The first kappa shape index (κ1) is 21.1. The highest BCUT2D eigenvalue weighted by Gasteiger charge is 2.35. The summed E-state index contributed by atoms with van der Waals surface area (Å²) < 4.78 is 5.74. The molecule has 0 aromatic heterocycles. The molecule has 2 unspecified atom stereocenters. The molecule has 4 rings (SSSR count). The number of nitrogens with two attached hydrogens (primary N) is 1. The fraction of sp³-hybridized carbons (Fsp3) is 0.364. The van der Waals surface area contributed by atoms with E-state index < -0.39 is 6.10 Å². The minimum atomic E-state index is -0.555. The first-order valence-electron chi connectivity index (χ1n) is 9.62. The van der Waals surface area contributed by atoms with Gasteiger partial charge in [-0.1, -0.05) is 31.2 Å². The van der Waals surface area contributed by atoms with Crippen LogP contribution in [-0.4, -0.2) is 42.5 Å². The van der Waals surface area contributed by atoms with Gasteiger partial charge in [0.15, 0.2) is 6.10 Å². The predicted molar refractivity (Wildman–Crippen MR) is 115 cm³/mol. The molecule has 154 valence electrons. The van der Waals surface area contributed by atoms with E-state index in [0.29, 0.717) is 37.3 Å². The van der Waals surface area contributed by atoms with Crippen molar-refractivity contribution in [3.63, 3.8) is 0 Å². The molecule has 1 saturated heterocycles. The van der Waals surface area contributed by atoms with Crippen LogP contribution in [-0.2, 0) is 11.2 Å². The number of carbonyl (C=O) groups excluding carboxylic acids is 2. The van der Waals surface area contributed by atoms with Crippen LogP contribution in [0.3, 0.4) is 0 Å². The van der Waals surface area contributed by atoms with Crippen molar-refractivity contribution in [1.82, 2.24) is 4.90 Å². The van der Waals surface area contributed by atoms with Gasteiger partial charge < -0.3 is 20.7 Å². The minimum Gasteiger partial charge on any atom is -0.480 e. The molecule has 2 aliphatic rings. The van der Waals surface area contributed by atoms with Gasteiger partial charge in [0.05, 0.1) is 0 Å².